The maximum absolute atomic E-state index is 13.2. The van der Waals surface area contributed by atoms with E-state index in [1.165, 1.54) is 5.56 Å². The highest BCUT2D eigenvalue weighted by atomic mass is 32.1. The minimum atomic E-state index is -0.124. The highest BCUT2D eigenvalue weighted by Crippen LogP contribution is 2.39. The number of amides is 1. The number of esters is 1. The first kappa shape index (κ1) is 23.0. The van der Waals surface area contributed by atoms with Gasteiger partial charge in [0.2, 0.25) is 5.91 Å². The second-order valence-electron chi connectivity index (χ2n) is 9.35. The number of anilines is 1. The van der Waals surface area contributed by atoms with E-state index in [1.807, 2.05) is 18.7 Å². The van der Waals surface area contributed by atoms with Crippen LogP contribution in [-0.2, 0) is 14.3 Å². The Kier molecular flexibility index (Phi) is 6.38. The number of likely N-dealkylation sites (tertiary alicyclic amines) is 1. The smallest absolute Gasteiger partial charge is 0.309 e. The number of thiophene rings is 1. The lowest BCUT2D eigenvalue weighted by Crippen LogP contribution is -2.46. The van der Waals surface area contributed by atoms with Crippen molar-refractivity contribution in [3.05, 3.63) is 23.7 Å². The Balaban J connectivity index is 1.26. The van der Waals surface area contributed by atoms with Crippen molar-refractivity contribution in [3.8, 4) is 0 Å². The summed E-state index contributed by atoms with van der Waals surface area (Å²) in [4.78, 5) is 44.3. The molecule has 0 aromatic carbocycles. The molecule has 8 nitrogen and oxygen atoms in total. The fraction of sp³-hybridized carbons (Fsp3) is 0.560. The fourth-order valence-electron chi connectivity index (χ4n) is 5.31. The average Bonchev–Trinajstić information content (AvgIpc) is 3.22. The molecule has 0 aliphatic carbocycles. The molecular weight excluding hydrogens is 450 g/mol. The first-order valence-electron chi connectivity index (χ1n) is 12.2. The monoisotopic (exact) mass is 481 g/mol. The number of carbonyl (C=O) groups is 2. The third kappa shape index (κ3) is 4.21. The van der Waals surface area contributed by atoms with Gasteiger partial charge in [-0.1, -0.05) is 0 Å². The molecule has 1 amide bonds. The van der Waals surface area contributed by atoms with Gasteiger partial charge in [0, 0.05) is 43.2 Å². The van der Waals surface area contributed by atoms with E-state index < -0.39 is 0 Å². The van der Waals surface area contributed by atoms with Crippen molar-refractivity contribution >= 4 is 49.5 Å². The molecule has 0 unspecified atom stereocenters. The van der Waals surface area contributed by atoms with E-state index in [0.717, 1.165) is 57.9 Å². The number of piperidine rings is 2. The highest BCUT2D eigenvalue weighted by Gasteiger charge is 2.33. The summed E-state index contributed by atoms with van der Waals surface area (Å²) in [6.45, 7) is 9.23. The van der Waals surface area contributed by atoms with Crippen molar-refractivity contribution in [2.75, 3.05) is 37.7 Å². The van der Waals surface area contributed by atoms with Crippen LogP contribution < -0.4 is 4.90 Å². The van der Waals surface area contributed by atoms with Crippen molar-refractivity contribution in [2.45, 2.75) is 46.5 Å². The number of hydrogen-bond donors (Lipinski definition) is 0. The number of aromatic nitrogens is 3. The van der Waals surface area contributed by atoms with Gasteiger partial charge < -0.3 is 14.5 Å². The molecule has 0 radical (unpaired) electrons. The molecule has 0 spiro atoms. The predicted octanol–water partition coefficient (Wildman–Crippen LogP) is 3.87. The summed E-state index contributed by atoms with van der Waals surface area (Å²) in [5.41, 5.74) is 3.17. The minimum Gasteiger partial charge on any atom is -0.466 e. The minimum absolute atomic E-state index is 0.0293. The molecule has 2 fully saturated rings. The van der Waals surface area contributed by atoms with E-state index in [4.69, 9.17) is 9.72 Å². The van der Waals surface area contributed by atoms with Crippen LogP contribution >= 0.6 is 11.3 Å². The molecule has 5 heterocycles. The van der Waals surface area contributed by atoms with Gasteiger partial charge in [-0.15, -0.1) is 11.3 Å². The van der Waals surface area contributed by atoms with Crippen LogP contribution in [0.1, 0.15) is 43.9 Å². The molecule has 0 saturated carbocycles. The van der Waals surface area contributed by atoms with Crippen LogP contribution in [-0.4, -0.2) is 64.5 Å². The van der Waals surface area contributed by atoms with Crippen LogP contribution in [0.3, 0.4) is 0 Å². The molecule has 3 aromatic rings. The standard InChI is InChI=1S/C25H31N5O3S/c1-4-33-25(32)18-7-11-30(12-8-18)24(31)17-5-9-29(10-6-17)22-21-20(26-14-27-22)19-15(2)13-16(3)28-23(19)34-21/h13-14,17-18H,4-12H2,1-3H3. The highest BCUT2D eigenvalue weighted by molar-refractivity contribution is 7.26. The van der Waals surface area contributed by atoms with Crippen LogP contribution in [0.4, 0.5) is 5.82 Å². The number of rotatable bonds is 4. The lowest BCUT2D eigenvalue weighted by molar-refractivity contribution is -0.151. The van der Waals surface area contributed by atoms with E-state index in [0.29, 0.717) is 32.5 Å². The van der Waals surface area contributed by atoms with Gasteiger partial charge >= 0.3 is 5.97 Å². The summed E-state index contributed by atoms with van der Waals surface area (Å²) in [6, 6.07) is 2.10. The third-order valence-corrected chi connectivity index (χ3v) is 8.17. The first-order valence-corrected chi connectivity index (χ1v) is 13.0. The van der Waals surface area contributed by atoms with Crippen LogP contribution in [0.15, 0.2) is 12.4 Å². The second-order valence-corrected chi connectivity index (χ2v) is 10.3. The quantitative estimate of drug-likeness (QED) is 0.523. The Bertz CT molecular complexity index is 1230. The van der Waals surface area contributed by atoms with Crippen LogP contribution in [0.2, 0.25) is 0 Å². The topological polar surface area (TPSA) is 88.5 Å². The largest absolute Gasteiger partial charge is 0.466 e. The van der Waals surface area contributed by atoms with Gasteiger partial charge in [0.25, 0.3) is 0 Å². The van der Waals surface area contributed by atoms with E-state index in [1.54, 1.807) is 17.7 Å². The van der Waals surface area contributed by atoms with Crippen molar-refractivity contribution in [1.29, 1.82) is 0 Å². The molecular formula is C25H31N5O3S. The molecule has 9 heteroatoms. The van der Waals surface area contributed by atoms with Gasteiger partial charge in [-0.3, -0.25) is 9.59 Å². The van der Waals surface area contributed by atoms with E-state index in [-0.39, 0.29) is 23.7 Å². The van der Waals surface area contributed by atoms with Crippen LogP contribution in [0, 0.1) is 25.7 Å². The number of ether oxygens (including phenoxy) is 1. The van der Waals surface area contributed by atoms with Crippen molar-refractivity contribution < 1.29 is 14.3 Å². The SMILES string of the molecule is CCOC(=O)C1CCN(C(=O)C2CCN(c3ncnc4c3sc3nc(C)cc(C)c34)CC2)CC1. The molecule has 2 aliphatic heterocycles. The van der Waals surface area contributed by atoms with E-state index in [9.17, 15) is 9.59 Å². The zero-order valence-electron chi connectivity index (χ0n) is 20.0. The number of nitrogens with zero attached hydrogens (tertiary/aromatic N) is 5. The zero-order valence-corrected chi connectivity index (χ0v) is 20.9. The molecule has 3 aromatic heterocycles. The molecule has 2 saturated heterocycles. The molecule has 180 valence electrons. The summed E-state index contributed by atoms with van der Waals surface area (Å²) in [6.07, 6.45) is 4.66. The van der Waals surface area contributed by atoms with Crippen molar-refractivity contribution in [1.82, 2.24) is 19.9 Å². The molecule has 0 bridgehead atoms. The molecule has 0 N–H and O–H groups in total. The van der Waals surface area contributed by atoms with Gasteiger partial charge in [0.1, 0.15) is 17.0 Å². The van der Waals surface area contributed by atoms with Gasteiger partial charge in [0.15, 0.2) is 0 Å². The maximum Gasteiger partial charge on any atom is 0.309 e. The molecule has 5 rings (SSSR count). The Morgan fingerprint density at radius 3 is 2.47 bits per heavy atom. The van der Waals surface area contributed by atoms with Crippen LogP contribution in [0.5, 0.6) is 0 Å². The Morgan fingerprint density at radius 2 is 1.76 bits per heavy atom. The Hall–Kier alpha value is -2.81. The third-order valence-electron chi connectivity index (χ3n) is 7.10. The number of pyridine rings is 1. The summed E-state index contributed by atoms with van der Waals surface area (Å²) in [7, 11) is 0. The van der Waals surface area contributed by atoms with Gasteiger partial charge in [-0.2, -0.15) is 0 Å². The summed E-state index contributed by atoms with van der Waals surface area (Å²) < 4.78 is 6.22. The number of carbonyl (C=O) groups excluding carboxylic acids is 2. The van der Waals surface area contributed by atoms with Crippen molar-refractivity contribution in [2.24, 2.45) is 11.8 Å². The number of fused-ring (bicyclic) bond motifs is 3. The van der Waals surface area contributed by atoms with Gasteiger partial charge in [0.05, 0.1) is 22.7 Å². The summed E-state index contributed by atoms with van der Waals surface area (Å²) >= 11 is 1.66. The predicted molar refractivity (Wildman–Crippen MR) is 133 cm³/mol. The van der Waals surface area contributed by atoms with Crippen molar-refractivity contribution in [3.63, 3.8) is 0 Å². The summed E-state index contributed by atoms with van der Waals surface area (Å²) in [5.74, 6) is 1.01. The van der Waals surface area contributed by atoms with E-state index in [2.05, 4.69) is 27.9 Å². The fourth-order valence-corrected chi connectivity index (χ4v) is 6.58. The number of aryl methyl sites for hydroxylation is 2. The normalized spacial score (nSPS) is 18.1. The van der Waals surface area contributed by atoms with Gasteiger partial charge in [-0.25, -0.2) is 15.0 Å². The molecule has 2 aliphatic rings. The first-order chi connectivity index (χ1) is 16.5. The van der Waals surface area contributed by atoms with E-state index >= 15 is 0 Å². The zero-order chi connectivity index (χ0) is 23.8. The number of hydrogen-bond acceptors (Lipinski definition) is 8. The Morgan fingerprint density at radius 1 is 1.06 bits per heavy atom. The lowest BCUT2D eigenvalue weighted by atomic mass is 9.92. The summed E-state index contributed by atoms with van der Waals surface area (Å²) in [5, 5.41) is 1.12. The Labute approximate surface area is 203 Å². The molecule has 34 heavy (non-hydrogen) atoms. The lowest BCUT2D eigenvalue weighted by Gasteiger charge is -2.37. The average molecular weight is 482 g/mol. The molecule has 0 atom stereocenters. The second kappa shape index (κ2) is 9.44. The van der Waals surface area contributed by atoms with Crippen LogP contribution in [0.25, 0.3) is 20.4 Å². The van der Waals surface area contributed by atoms with Gasteiger partial charge in [-0.05, 0) is 58.1 Å². The maximum atomic E-state index is 13.2.